The third-order valence-corrected chi connectivity index (χ3v) is 7.94. The number of hydrogen-bond donors (Lipinski definition) is 0. The summed E-state index contributed by atoms with van der Waals surface area (Å²) >= 11 is 2.94. The van der Waals surface area contributed by atoms with E-state index in [1.165, 1.54) is 23.1 Å². The molecule has 1 aromatic heterocycles. The Hall–Kier alpha value is -2.27. The molecule has 0 fully saturated rings. The molecule has 3 aromatic rings. The Labute approximate surface area is 185 Å². The van der Waals surface area contributed by atoms with Crippen molar-refractivity contribution in [2.24, 2.45) is 20.2 Å². The molecule has 0 saturated heterocycles. The van der Waals surface area contributed by atoms with Crippen LogP contribution in [0.1, 0.15) is 11.1 Å². The Bertz CT molecular complexity index is 986. The first-order valence-corrected chi connectivity index (χ1v) is 12.4. The SMILES string of the molecule is C=N/N=C(/N=C/c1ccccc1)SCSSc1nnc(/N=C/c2ccccc2)s1. The van der Waals surface area contributed by atoms with E-state index in [0.29, 0.717) is 10.3 Å². The van der Waals surface area contributed by atoms with Crippen molar-refractivity contribution in [2.75, 3.05) is 5.08 Å². The average molecular weight is 457 g/mol. The van der Waals surface area contributed by atoms with E-state index < -0.39 is 0 Å². The quantitative estimate of drug-likeness (QED) is 0.107. The number of aliphatic imine (C=N–C) groups is 2. The van der Waals surface area contributed by atoms with Gasteiger partial charge in [-0.15, -0.1) is 15.3 Å². The number of amidine groups is 1. The van der Waals surface area contributed by atoms with Gasteiger partial charge in [-0.3, -0.25) is 0 Å². The van der Waals surface area contributed by atoms with Crippen LogP contribution in [0.4, 0.5) is 5.13 Å². The van der Waals surface area contributed by atoms with Crippen LogP contribution in [0.5, 0.6) is 0 Å². The van der Waals surface area contributed by atoms with Crippen molar-refractivity contribution in [1.29, 1.82) is 0 Å². The Kier molecular flexibility index (Phi) is 9.11. The molecule has 1 heterocycles. The van der Waals surface area contributed by atoms with E-state index in [9.17, 15) is 0 Å². The highest BCUT2D eigenvalue weighted by Gasteiger charge is 2.05. The van der Waals surface area contributed by atoms with Crippen molar-refractivity contribution >= 4 is 74.1 Å². The van der Waals surface area contributed by atoms with Crippen LogP contribution in [0.3, 0.4) is 0 Å². The smallest absolute Gasteiger partial charge is 0.229 e. The number of benzene rings is 2. The van der Waals surface area contributed by atoms with Gasteiger partial charge in [0.25, 0.3) is 0 Å². The zero-order chi connectivity index (χ0) is 20.2. The standard InChI is InChI=1S/C19H16N6S4/c1-20-23-17(21-12-15-8-4-2-5-9-15)26-14-27-29-19-25-24-18(28-19)22-13-16-10-6-3-7-11-16/h2-13H,1,14H2/b21-12+,22-13+,23-17-. The van der Waals surface area contributed by atoms with Crippen LogP contribution in [0.25, 0.3) is 0 Å². The molecule has 10 heteroatoms. The van der Waals surface area contributed by atoms with Crippen molar-refractivity contribution in [2.45, 2.75) is 4.34 Å². The summed E-state index contributed by atoms with van der Waals surface area (Å²) in [5, 5.41) is 17.7. The first kappa shape index (κ1) is 21.4. The normalized spacial score (nSPS) is 12.1. The van der Waals surface area contributed by atoms with Crippen molar-refractivity contribution < 1.29 is 0 Å². The maximum atomic E-state index is 4.37. The minimum absolute atomic E-state index is 0.558. The van der Waals surface area contributed by atoms with E-state index in [-0.39, 0.29) is 0 Å². The molecule has 0 N–H and O–H groups in total. The monoisotopic (exact) mass is 456 g/mol. The molecule has 0 radical (unpaired) electrons. The van der Waals surface area contributed by atoms with E-state index in [2.05, 4.69) is 37.1 Å². The van der Waals surface area contributed by atoms with Gasteiger partial charge in [-0.05, 0) is 21.9 Å². The van der Waals surface area contributed by atoms with Gasteiger partial charge in [0.2, 0.25) is 10.3 Å². The fourth-order valence-corrected chi connectivity index (χ4v) is 5.95. The summed E-state index contributed by atoms with van der Waals surface area (Å²) in [6.07, 6.45) is 3.55. The van der Waals surface area contributed by atoms with Gasteiger partial charge in [0.1, 0.15) is 0 Å². The maximum absolute atomic E-state index is 4.37. The summed E-state index contributed by atoms with van der Waals surface area (Å²) in [6, 6.07) is 19.7. The molecule has 146 valence electrons. The van der Waals surface area contributed by atoms with E-state index in [4.69, 9.17) is 0 Å². The highest BCUT2D eigenvalue weighted by molar-refractivity contribution is 8.78. The lowest BCUT2D eigenvalue weighted by Crippen LogP contribution is -1.89. The molecule has 0 unspecified atom stereocenters. The molecular weight excluding hydrogens is 441 g/mol. The highest BCUT2D eigenvalue weighted by Crippen LogP contribution is 2.37. The zero-order valence-corrected chi connectivity index (χ0v) is 18.4. The van der Waals surface area contributed by atoms with Gasteiger partial charge >= 0.3 is 0 Å². The molecule has 0 atom stereocenters. The second kappa shape index (κ2) is 12.3. The summed E-state index contributed by atoms with van der Waals surface area (Å²) in [5.41, 5.74) is 2.03. The van der Waals surface area contributed by atoms with E-state index >= 15 is 0 Å². The molecule has 0 amide bonds. The van der Waals surface area contributed by atoms with Crippen LogP contribution in [-0.2, 0) is 0 Å². The van der Waals surface area contributed by atoms with Gasteiger partial charge in [0.05, 0.1) is 5.08 Å². The number of hydrogen-bond acceptors (Lipinski definition) is 9. The summed E-state index contributed by atoms with van der Waals surface area (Å²) in [6.45, 7) is 3.41. The number of aromatic nitrogens is 2. The molecule has 0 saturated carbocycles. The van der Waals surface area contributed by atoms with Gasteiger partial charge in [-0.25, -0.2) is 9.98 Å². The Morgan fingerprint density at radius 1 is 0.966 bits per heavy atom. The Balaban J connectivity index is 1.45. The number of rotatable bonds is 8. The predicted molar refractivity (Wildman–Crippen MR) is 131 cm³/mol. The number of nitrogens with zero attached hydrogens (tertiary/aromatic N) is 6. The van der Waals surface area contributed by atoms with Crippen LogP contribution in [-0.4, -0.2) is 39.6 Å². The maximum Gasteiger partial charge on any atom is 0.232 e. The summed E-state index contributed by atoms with van der Waals surface area (Å²) in [7, 11) is 3.18. The van der Waals surface area contributed by atoms with Crippen LogP contribution >= 0.6 is 44.7 Å². The van der Waals surface area contributed by atoms with Crippen molar-refractivity contribution in [1.82, 2.24) is 10.2 Å². The zero-order valence-electron chi connectivity index (χ0n) is 15.2. The molecule has 0 aliphatic heterocycles. The van der Waals surface area contributed by atoms with Crippen LogP contribution in [0.15, 0.2) is 85.2 Å². The van der Waals surface area contributed by atoms with Crippen LogP contribution in [0, 0.1) is 0 Å². The predicted octanol–water partition coefficient (Wildman–Crippen LogP) is 5.81. The summed E-state index contributed by atoms with van der Waals surface area (Å²) < 4.78 is 0.851. The van der Waals surface area contributed by atoms with E-state index in [1.807, 2.05) is 60.7 Å². The van der Waals surface area contributed by atoms with Gasteiger partial charge in [-0.1, -0.05) is 94.6 Å². The fraction of sp³-hybridized carbons (Fsp3) is 0.0526. The van der Waals surface area contributed by atoms with Crippen molar-refractivity contribution in [3.63, 3.8) is 0 Å². The molecule has 0 bridgehead atoms. The molecule has 2 aromatic carbocycles. The van der Waals surface area contributed by atoms with Crippen LogP contribution in [0.2, 0.25) is 0 Å². The third kappa shape index (κ3) is 7.94. The first-order chi connectivity index (χ1) is 14.3. The van der Waals surface area contributed by atoms with Gasteiger partial charge < -0.3 is 0 Å². The molecule has 0 spiro atoms. The lowest BCUT2D eigenvalue weighted by molar-refractivity contribution is 1.01. The molecular formula is C19H16N6S4. The number of thioether (sulfide) groups is 1. The summed E-state index contributed by atoms with van der Waals surface area (Å²) in [5.74, 6) is 0. The Morgan fingerprint density at radius 3 is 2.34 bits per heavy atom. The van der Waals surface area contributed by atoms with E-state index in [1.54, 1.807) is 34.0 Å². The second-order valence-electron chi connectivity index (χ2n) is 5.18. The molecule has 3 rings (SSSR count). The third-order valence-electron chi connectivity index (χ3n) is 3.17. The molecule has 29 heavy (non-hydrogen) atoms. The minimum atomic E-state index is 0.558. The van der Waals surface area contributed by atoms with E-state index in [0.717, 1.165) is 20.6 Å². The first-order valence-electron chi connectivity index (χ1n) is 8.31. The fourth-order valence-electron chi connectivity index (χ4n) is 1.93. The topological polar surface area (TPSA) is 75.2 Å². The summed E-state index contributed by atoms with van der Waals surface area (Å²) in [4.78, 5) is 8.74. The van der Waals surface area contributed by atoms with Gasteiger partial charge in [0.15, 0.2) is 4.34 Å². The molecule has 6 nitrogen and oxygen atoms in total. The lowest BCUT2D eigenvalue weighted by atomic mass is 10.2. The van der Waals surface area contributed by atoms with Gasteiger partial charge in [0, 0.05) is 19.1 Å². The van der Waals surface area contributed by atoms with Crippen LogP contribution < -0.4 is 0 Å². The average Bonchev–Trinajstić information content (AvgIpc) is 3.23. The van der Waals surface area contributed by atoms with Crippen molar-refractivity contribution in [3.8, 4) is 0 Å². The molecule has 0 aliphatic carbocycles. The molecule has 0 aliphatic rings. The van der Waals surface area contributed by atoms with Gasteiger partial charge in [-0.2, -0.15) is 5.10 Å². The lowest BCUT2D eigenvalue weighted by Gasteiger charge is -1.98. The van der Waals surface area contributed by atoms with Crippen molar-refractivity contribution in [3.05, 3.63) is 71.8 Å². The second-order valence-corrected chi connectivity index (χ2v) is 9.98. The highest BCUT2D eigenvalue weighted by atomic mass is 33.1. The minimum Gasteiger partial charge on any atom is -0.229 e. The largest absolute Gasteiger partial charge is 0.232 e. The Morgan fingerprint density at radius 2 is 1.66 bits per heavy atom.